The Morgan fingerprint density at radius 3 is 1.87 bits per heavy atom. The molecule has 0 aliphatic heterocycles. The Morgan fingerprint density at radius 1 is 0.400 bits per heavy atom. The topological polar surface area (TPSA) is 31.6 Å². The highest BCUT2D eigenvalue weighted by atomic mass is 14.7. The second-order valence-electron chi connectivity index (χ2n) is 8.03. The SMILES string of the molecule is c1ccc2c(c1)ccc1c3cc(-c4ccc5[nH]c6ccccc6c5c4)ccc3[nH]c21. The van der Waals surface area contributed by atoms with Crippen LogP contribution in [-0.4, -0.2) is 9.97 Å². The van der Waals surface area contributed by atoms with Gasteiger partial charge in [-0.15, -0.1) is 0 Å². The summed E-state index contributed by atoms with van der Waals surface area (Å²) in [7, 11) is 0. The molecule has 7 aromatic rings. The molecule has 0 aliphatic carbocycles. The normalized spacial score (nSPS) is 12.0. The van der Waals surface area contributed by atoms with E-state index in [1.54, 1.807) is 0 Å². The van der Waals surface area contributed by atoms with Crippen molar-refractivity contribution in [2.24, 2.45) is 0 Å². The van der Waals surface area contributed by atoms with Crippen LogP contribution in [0.1, 0.15) is 0 Å². The largest absolute Gasteiger partial charge is 0.355 e. The molecule has 0 amide bonds. The van der Waals surface area contributed by atoms with Gasteiger partial charge in [-0.1, -0.05) is 66.7 Å². The third-order valence-corrected chi connectivity index (χ3v) is 6.34. The van der Waals surface area contributed by atoms with E-state index in [1.165, 1.54) is 65.5 Å². The average Bonchev–Trinajstić information content (AvgIpc) is 3.36. The Bertz CT molecular complexity index is 1750. The first-order valence-corrected chi connectivity index (χ1v) is 10.3. The van der Waals surface area contributed by atoms with E-state index in [2.05, 4.69) is 107 Å². The van der Waals surface area contributed by atoms with Gasteiger partial charge in [0.05, 0.1) is 5.52 Å². The van der Waals surface area contributed by atoms with Gasteiger partial charge in [-0.05, 0) is 46.8 Å². The molecule has 5 aromatic carbocycles. The summed E-state index contributed by atoms with van der Waals surface area (Å²) in [6, 6.07) is 35.0. The molecule has 0 bridgehead atoms. The van der Waals surface area contributed by atoms with E-state index in [9.17, 15) is 0 Å². The number of fused-ring (bicyclic) bond motifs is 8. The summed E-state index contributed by atoms with van der Waals surface area (Å²) >= 11 is 0. The minimum absolute atomic E-state index is 1.18. The zero-order valence-corrected chi connectivity index (χ0v) is 16.2. The lowest BCUT2D eigenvalue weighted by molar-refractivity contribution is 1.54. The maximum atomic E-state index is 3.64. The van der Waals surface area contributed by atoms with E-state index >= 15 is 0 Å². The number of hydrogen-bond donors (Lipinski definition) is 2. The lowest BCUT2D eigenvalue weighted by Crippen LogP contribution is -1.79. The molecule has 2 N–H and O–H groups in total. The molecule has 2 heterocycles. The van der Waals surface area contributed by atoms with Crippen LogP contribution in [0, 0.1) is 0 Å². The molecule has 30 heavy (non-hydrogen) atoms. The molecule has 2 heteroatoms. The standard InChI is InChI=1S/C28H18N2/c1-2-6-20-17(5-1)9-12-22-24-16-19(11-14-27(24)30-28(20)22)18-10-13-26-23(15-18)21-7-3-4-8-25(21)29-26/h1-16,29-30H. The second-order valence-corrected chi connectivity index (χ2v) is 8.03. The maximum absolute atomic E-state index is 3.64. The van der Waals surface area contributed by atoms with E-state index in [1.807, 2.05) is 0 Å². The lowest BCUT2D eigenvalue weighted by Gasteiger charge is -2.03. The number of aromatic amines is 2. The Morgan fingerprint density at radius 2 is 1.03 bits per heavy atom. The van der Waals surface area contributed by atoms with Crippen molar-refractivity contribution in [3.63, 3.8) is 0 Å². The van der Waals surface area contributed by atoms with Crippen molar-refractivity contribution in [3.8, 4) is 11.1 Å². The average molecular weight is 382 g/mol. The van der Waals surface area contributed by atoms with Gasteiger partial charge in [-0.25, -0.2) is 0 Å². The summed E-state index contributed by atoms with van der Waals surface area (Å²) in [6.07, 6.45) is 0. The van der Waals surface area contributed by atoms with Crippen molar-refractivity contribution in [3.05, 3.63) is 97.1 Å². The summed E-state index contributed by atoms with van der Waals surface area (Å²) in [5, 5.41) is 7.63. The Hall–Kier alpha value is -4.04. The van der Waals surface area contributed by atoms with Gasteiger partial charge in [0.2, 0.25) is 0 Å². The van der Waals surface area contributed by atoms with Gasteiger partial charge in [0.25, 0.3) is 0 Å². The van der Waals surface area contributed by atoms with Gasteiger partial charge in [-0.3, -0.25) is 0 Å². The number of hydrogen-bond acceptors (Lipinski definition) is 0. The molecular formula is C28H18N2. The number of nitrogens with one attached hydrogen (secondary N) is 2. The van der Waals surface area contributed by atoms with Crippen LogP contribution in [0.3, 0.4) is 0 Å². The molecular weight excluding hydrogens is 364 g/mol. The van der Waals surface area contributed by atoms with Gasteiger partial charge in [0, 0.05) is 43.5 Å². The summed E-state index contributed by atoms with van der Waals surface area (Å²) in [6.45, 7) is 0. The minimum Gasteiger partial charge on any atom is -0.355 e. The molecule has 0 fully saturated rings. The highest BCUT2D eigenvalue weighted by molar-refractivity contribution is 6.17. The third kappa shape index (κ3) is 2.13. The molecule has 0 atom stereocenters. The molecule has 0 spiro atoms. The van der Waals surface area contributed by atoms with E-state index < -0.39 is 0 Å². The first kappa shape index (κ1) is 15.8. The Labute approximate surface area is 172 Å². The van der Waals surface area contributed by atoms with Crippen LogP contribution in [-0.2, 0) is 0 Å². The monoisotopic (exact) mass is 382 g/mol. The zero-order valence-electron chi connectivity index (χ0n) is 16.2. The summed E-state index contributed by atoms with van der Waals surface area (Å²) in [5.41, 5.74) is 7.24. The quantitative estimate of drug-likeness (QED) is 0.290. The maximum Gasteiger partial charge on any atom is 0.0544 e. The van der Waals surface area contributed by atoms with Crippen LogP contribution in [0.5, 0.6) is 0 Å². The fraction of sp³-hybridized carbons (Fsp3) is 0. The Kier molecular flexibility index (Phi) is 3.03. The van der Waals surface area contributed by atoms with Crippen LogP contribution in [0.15, 0.2) is 97.1 Å². The van der Waals surface area contributed by atoms with Crippen molar-refractivity contribution in [1.29, 1.82) is 0 Å². The fourth-order valence-corrected chi connectivity index (χ4v) is 4.85. The van der Waals surface area contributed by atoms with Gasteiger partial charge in [-0.2, -0.15) is 0 Å². The van der Waals surface area contributed by atoms with Crippen molar-refractivity contribution in [2.75, 3.05) is 0 Å². The molecule has 0 aliphatic rings. The molecule has 0 unspecified atom stereocenters. The molecule has 140 valence electrons. The van der Waals surface area contributed by atoms with Gasteiger partial charge >= 0.3 is 0 Å². The number of H-pyrrole nitrogens is 2. The van der Waals surface area contributed by atoms with E-state index in [4.69, 9.17) is 0 Å². The molecule has 2 aromatic heterocycles. The van der Waals surface area contributed by atoms with Crippen LogP contribution < -0.4 is 0 Å². The predicted octanol–water partition coefficient (Wildman–Crippen LogP) is 7.78. The lowest BCUT2D eigenvalue weighted by atomic mass is 10.00. The third-order valence-electron chi connectivity index (χ3n) is 6.34. The molecule has 7 rings (SSSR count). The zero-order chi connectivity index (χ0) is 19.7. The number of para-hydroxylation sites is 1. The predicted molar refractivity (Wildman–Crippen MR) is 128 cm³/mol. The molecule has 0 saturated carbocycles. The first-order chi connectivity index (χ1) is 14.8. The van der Waals surface area contributed by atoms with E-state index in [0.29, 0.717) is 0 Å². The van der Waals surface area contributed by atoms with Crippen molar-refractivity contribution < 1.29 is 0 Å². The van der Waals surface area contributed by atoms with Crippen LogP contribution in [0.4, 0.5) is 0 Å². The summed E-state index contributed by atoms with van der Waals surface area (Å²) in [5.74, 6) is 0. The highest BCUT2D eigenvalue weighted by Gasteiger charge is 2.10. The second kappa shape index (κ2) is 5.74. The molecule has 0 saturated heterocycles. The van der Waals surface area contributed by atoms with Crippen molar-refractivity contribution in [1.82, 2.24) is 9.97 Å². The smallest absolute Gasteiger partial charge is 0.0544 e. The fourth-order valence-electron chi connectivity index (χ4n) is 4.85. The van der Waals surface area contributed by atoms with Gasteiger partial charge < -0.3 is 9.97 Å². The summed E-state index contributed by atoms with van der Waals surface area (Å²) in [4.78, 5) is 7.16. The molecule has 2 nitrogen and oxygen atoms in total. The first-order valence-electron chi connectivity index (χ1n) is 10.3. The van der Waals surface area contributed by atoms with Crippen molar-refractivity contribution >= 4 is 54.4 Å². The van der Waals surface area contributed by atoms with E-state index in [0.717, 1.165) is 0 Å². The van der Waals surface area contributed by atoms with Gasteiger partial charge in [0.15, 0.2) is 0 Å². The van der Waals surface area contributed by atoms with Crippen LogP contribution >= 0.6 is 0 Å². The summed E-state index contributed by atoms with van der Waals surface area (Å²) < 4.78 is 0. The van der Waals surface area contributed by atoms with Crippen LogP contribution in [0.2, 0.25) is 0 Å². The highest BCUT2D eigenvalue weighted by Crippen LogP contribution is 2.35. The molecule has 0 radical (unpaired) electrons. The minimum atomic E-state index is 1.18. The number of aromatic nitrogens is 2. The number of rotatable bonds is 1. The van der Waals surface area contributed by atoms with Gasteiger partial charge in [0.1, 0.15) is 0 Å². The van der Waals surface area contributed by atoms with Crippen molar-refractivity contribution in [2.45, 2.75) is 0 Å². The van der Waals surface area contributed by atoms with E-state index in [-0.39, 0.29) is 0 Å². The Balaban J connectivity index is 1.48. The van der Waals surface area contributed by atoms with Crippen LogP contribution in [0.25, 0.3) is 65.5 Å². The number of benzene rings is 5.